The van der Waals surface area contributed by atoms with Crippen molar-refractivity contribution < 1.29 is 0 Å². The van der Waals surface area contributed by atoms with Crippen LogP contribution in [0, 0.1) is 20.8 Å². The molecule has 0 aliphatic rings. The van der Waals surface area contributed by atoms with E-state index in [0.717, 1.165) is 22.8 Å². The number of halogens is 2. The number of hydrogen-bond donors (Lipinski definition) is 0. The highest BCUT2D eigenvalue weighted by Gasteiger charge is 2.00. The van der Waals surface area contributed by atoms with Crippen molar-refractivity contribution in [2.75, 3.05) is 0 Å². The predicted molar refractivity (Wildman–Crippen MR) is 82.8 cm³/mol. The van der Waals surface area contributed by atoms with Gasteiger partial charge in [-0.2, -0.15) is 0 Å². The van der Waals surface area contributed by atoms with Gasteiger partial charge in [0.05, 0.1) is 22.8 Å². The van der Waals surface area contributed by atoms with Crippen molar-refractivity contribution >= 4 is 29.3 Å². The molecule has 0 aliphatic heterocycles. The molecule has 0 spiro atoms. The van der Waals surface area contributed by atoms with E-state index in [1.165, 1.54) is 0 Å². The van der Waals surface area contributed by atoms with Gasteiger partial charge in [0.2, 0.25) is 0 Å². The standard InChI is InChI=1S/C9H12N2.C6H4Cl2/c1-5-9-8(4)10-6(2)7(3)11-9;7-5-2-1-3-6(8)4-5/h5H,1H2,2-4H3;1-4H. The monoisotopic (exact) mass is 294 g/mol. The third-order valence-corrected chi connectivity index (χ3v) is 2.97. The Labute approximate surface area is 124 Å². The molecule has 1 aromatic heterocycles. The fourth-order valence-electron chi connectivity index (χ4n) is 1.39. The highest BCUT2D eigenvalue weighted by atomic mass is 35.5. The molecule has 4 heteroatoms. The second-order valence-corrected chi connectivity index (χ2v) is 4.88. The molecule has 19 heavy (non-hydrogen) atoms. The molecule has 0 saturated heterocycles. The molecule has 0 bridgehead atoms. The maximum atomic E-state index is 5.56. The van der Waals surface area contributed by atoms with E-state index >= 15 is 0 Å². The summed E-state index contributed by atoms with van der Waals surface area (Å²) >= 11 is 11.1. The van der Waals surface area contributed by atoms with Gasteiger partial charge in [0.25, 0.3) is 0 Å². The van der Waals surface area contributed by atoms with Crippen LogP contribution in [0.25, 0.3) is 6.08 Å². The van der Waals surface area contributed by atoms with Crippen molar-refractivity contribution in [3.8, 4) is 0 Å². The molecule has 0 saturated carbocycles. The van der Waals surface area contributed by atoms with Crippen LogP contribution in [0.1, 0.15) is 22.8 Å². The second kappa shape index (κ2) is 7.27. The zero-order chi connectivity index (χ0) is 14.4. The Hall–Kier alpha value is -1.38. The largest absolute Gasteiger partial charge is 0.254 e. The van der Waals surface area contributed by atoms with Crippen molar-refractivity contribution in [1.29, 1.82) is 0 Å². The van der Waals surface area contributed by atoms with Crippen molar-refractivity contribution in [1.82, 2.24) is 9.97 Å². The first kappa shape index (κ1) is 15.7. The fraction of sp³-hybridized carbons (Fsp3) is 0.200. The van der Waals surface area contributed by atoms with Crippen molar-refractivity contribution in [3.05, 3.63) is 63.7 Å². The topological polar surface area (TPSA) is 25.8 Å². The molecule has 2 nitrogen and oxygen atoms in total. The number of nitrogens with zero attached hydrogens (tertiary/aromatic N) is 2. The minimum atomic E-state index is 0.678. The van der Waals surface area contributed by atoms with E-state index in [1.807, 2.05) is 26.8 Å². The summed E-state index contributed by atoms with van der Waals surface area (Å²) in [6.45, 7) is 9.51. The Morgan fingerprint density at radius 3 is 1.89 bits per heavy atom. The lowest BCUT2D eigenvalue weighted by Crippen LogP contribution is -1.97. The number of aromatic nitrogens is 2. The van der Waals surface area contributed by atoms with Crippen LogP contribution in [-0.2, 0) is 0 Å². The smallest absolute Gasteiger partial charge is 0.0839 e. The number of hydrogen-bond acceptors (Lipinski definition) is 2. The molecule has 0 amide bonds. The minimum Gasteiger partial charge on any atom is -0.254 e. The summed E-state index contributed by atoms with van der Waals surface area (Å²) < 4.78 is 0. The summed E-state index contributed by atoms with van der Waals surface area (Å²) in [5, 5.41) is 1.36. The Morgan fingerprint density at radius 1 is 0.947 bits per heavy atom. The van der Waals surface area contributed by atoms with E-state index in [9.17, 15) is 0 Å². The van der Waals surface area contributed by atoms with Crippen LogP contribution in [0.2, 0.25) is 10.0 Å². The van der Waals surface area contributed by atoms with Crippen LogP contribution in [0.3, 0.4) is 0 Å². The zero-order valence-corrected chi connectivity index (χ0v) is 12.8. The quantitative estimate of drug-likeness (QED) is 0.736. The summed E-state index contributed by atoms with van der Waals surface area (Å²) in [5.74, 6) is 0. The van der Waals surface area contributed by atoms with Crippen molar-refractivity contribution in [3.63, 3.8) is 0 Å². The molecule has 100 valence electrons. The highest BCUT2D eigenvalue weighted by molar-refractivity contribution is 6.34. The zero-order valence-electron chi connectivity index (χ0n) is 11.2. The van der Waals surface area contributed by atoms with E-state index in [4.69, 9.17) is 23.2 Å². The second-order valence-electron chi connectivity index (χ2n) is 4.01. The maximum absolute atomic E-state index is 5.56. The molecule has 0 radical (unpaired) electrons. The fourth-order valence-corrected chi connectivity index (χ4v) is 1.82. The average molecular weight is 295 g/mol. The summed E-state index contributed by atoms with van der Waals surface area (Å²) in [6, 6.07) is 7.08. The third kappa shape index (κ3) is 5.01. The van der Waals surface area contributed by atoms with E-state index in [1.54, 1.807) is 24.3 Å². The van der Waals surface area contributed by atoms with E-state index < -0.39 is 0 Å². The molecule has 2 rings (SSSR count). The lowest BCUT2D eigenvalue weighted by atomic mass is 10.2. The normalized spacial score (nSPS) is 9.53. The van der Waals surface area contributed by atoms with Crippen LogP contribution in [0.15, 0.2) is 30.8 Å². The van der Waals surface area contributed by atoms with Gasteiger partial charge in [0.1, 0.15) is 0 Å². The van der Waals surface area contributed by atoms with E-state index in [-0.39, 0.29) is 0 Å². The van der Waals surface area contributed by atoms with Crippen LogP contribution < -0.4 is 0 Å². The molecule has 0 unspecified atom stereocenters. The summed E-state index contributed by atoms with van der Waals surface area (Å²) in [5.41, 5.74) is 3.80. The van der Waals surface area contributed by atoms with Gasteiger partial charge in [-0.1, -0.05) is 35.8 Å². The summed E-state index contributed by atoms with van der Waals surface area (Å²) in [6.07, 6.45) is 1.73. The lowest BCUT2D eigenvalue weighted by Gasteiger charge is -2.02. The molecule has 0 fully saturated rings. The van der Waals surface area contributed by atoms with Gasteiger partial charge >= 0.3 is 0 Å². The van der Waals surface area contributed by atoms with Gasteiger partial charge in [-0.15, -0.1) is 0 Å². The lowest BCUT2D eigenvalue weighted by molar-refractivity contribution is 0.991. The Balaban J connectivity index is 0.000000200. The van der Waals surface area contributed by atoms with E-state index in [0.29, 0.717) is 10.0 Å². The van der Waals surface area contributed by atoms with Gasteiger partial charge < -0.3 is 0 Å². The number of rotatable bonds is 1. The molecule has 1 heterocycles. The van der Waals surface area contributed by atoms with Gasteiger partial charge in [0, 0.05) is 10.0 Å². The minimum absolute atomic E-state index is 0.678. The van der Waals surface area contributed by atoms with Crippen molar-refractivity contribution in [2.45, 2.75) is 20.8 Å². The molecular weight excluding hydrogens is 279 g/mol. The van der Waals surface area contributed by atoms with Gasteiger partial charge in [-0.25, -0.2) is 4.98 Å². The Bertz CT molecular complexity index is 563. The summed E-state index contributed by atoms with van der Waals surface area (Å²) in [4.78, 5) is 8.62. The van der Waals surface area contributed by atoms with E-state index in [2.05, 4.69) is 16.5 Å². The average Bonchev–Trinajstić information content (AvgIpc) is 2.34. The predicted octanol–water partition coefficient (Wildman–Crippen LogP) is 5.04. The van der Waals surface area contributed by atoms with Crippen LogP contribution in [0.4, 0.5) is 0 Å². The summed E-state index contributed by atoms with van der Waals surface area (Å²) in [7, 11) is 0. The van der Waals surface area contributed by atoms with Crippen molar-refractivity contribution in [2.24, 2.45) is 0 Å². The number of benzene rings is 1. The molecule has 0 N–H and O–H groups in total. The molecule has 1 aromatic carbocycles. The molecule has 2 aromatic rings. The first-order valence-corrected chi connectivity index (χ1v) is 6.55. The SMILES string of the molecule is C=Cc1nc(C)c(C)nc1C.Clc1cccc(Cl)c1. The van der Waals surface area contributed by atoms with Crippen LogP contribution in [0.5, 0.6) is 0 Å². The number of aryl methyl sites for hydroxylation is 3. The van der Waals surface area contributed by atoms with Crippen LogP contribution >= 0.6 is 23.2 Å². The Kier molecular flexibility index (Phi) is 6.00. The van der Waals surface area contributed by atoms with Gasteiger partial charge in [0.15, 0.2) is 0 Å². The first-order valence-electron chi connectivity index (χ1n) is 5.79. The maximum Gasteiger partial charge on any atom is 0.0839 e. The highest BCUT2D eigenvalue weighted by Crippen LogP contribution is 2.14. The van der Waals surface area contributed by atoms with Gasteiger partial charge in [-0.3, -0.25) is 4.98 Å². The Morgan fingerprint density at radius 2 is 1.47 bits per heavy atom. The molecule has 0 aliphatic carbocycles. The molecular formula is C15H16Cl2N2. The van der Waals surface area contributed by atoms with Crippen LogP contribution in [-0.4, -0.2) is 9.97 Å². The van der Waals surface area contributed by atoms with Gasteiger partial charge in [-0.05, 0) is 45.0 Å². The first-order chi connectivity index (χ1) is 8.93. The third-order valence-electron chi connectivity index (χ3n) is 2.50. The molecule has 0 atom stereocenters.